The van der Waals surface area contributed by atoms with Crippen molar-refractivity contribution in [2.75, 3.05) is 20.3 Å². The van der Waals surface area contributed by atoms with Crippen molar-refractivity contribution < 1.29 is 56.8 Å². The van der Waals surface area contributed by atoms with Crippen molar-refractivity contribution in [3.63, 3.8) is 0 Å². The fourth-order valence-corrected chi connectivity index (χ4v) is 6.37. The molecule has 1 fully saturated rings. The molecule has 6 atom stereocenters. The molecule has 0 radical (unpaired) electrons. The zero-order valence-electron chi connectivity index (χ0n) is 26.8. The molecular formula is C32H36ClFN2O11S. The van der Waals surface area contributed by atoms with Crippen molar-refractivity contribution in [3.05, 3.63) is 64.7 Å². The topological polar surface area (TPSA) is 173 Å². The van der Waals surface area contributed by atoms with Gasteiger partial charge in [-0.2, -0.15) is 0 Å². The van der Waals surface area contributed by atoms with E-state index in [1.54, 1.807) is 24.3 Å². The van der Waals surface area contributed by atoms with E-state index in [2.05, 4.69) is 10.6 Å². The molecule has 16 heteroatoms. The standard InChI is InChI=1S/C32H36ClFN2O11S/c1-17-6-12-23(13-7-17)48-32(31(42)43-5)14-24(44-18(2)37)27(36-26(40)15-34)29(47-32)28(46-20(4)39)25(45-19(3)38)16-35-30(41)21-8-10-22(33)11-9-21/h6-13,24-25,27-29H,14-16H2,1-5H3,(H,35,41)(H,36,40)/t24-,25+,27+,28+,29+,32-/m0/s1. The lowest BCUT2D eigenvalue weighted by Crippen LogP contribution is -2.68. The van der Waals surface area contributed by atoms with E-state index in [9.17, 15) is 33.2 Å². The zero-order valence-corrected chi connectivity index (χ0v) is 28.4. The number of carbonyl (C=O) groups excluding carboxylic acids is 6. The Kier molecular flexibility index (Phi) is 13.8. The lowest BCUT2D eigenvalue weighted by molar-refractivity contribution is -0.220. The molecule has 0 aliphatic carbocycles. The van der Waals surface area contributed by atoms with Crippen LogP contribution in [0.4, 0.5) is 4.39 Å². The third kappa shape index (κ3) is 10.4. The summed E-state index contributed by atoms with van der Waals surface area (Å²) in [4.78, 5) is 74.8. The van der Waals surface area contributed by atoms with Gasteiger partial charge in [-0.15, -0.1) is 0 Å². The van der Waals surface area contributed by atoms with Crippen molar-refractivity contribution in [3.8, 4) is 0 Å². The number of benzene rings is 2. The van der Waals surface area contributed by atoms with Crippen LogP contribution in [0.3, 0.4) is 0 Å². The lowest BCUT2D eigenvalue weighted by Gasteiger charge is -2.48. The molecule has 3 rings (SSSR count). The molecule has 1 saturated heterocycles. The number of halogens is 2. The average molecular weight is 711 g/mol. The molecule has 0 saturated carbocycles. The Labute approximate surface area is 285 Å². The maximum absolute atomic E-state index is 13.6. The van der Waals surface area contributed by atoms with Gasteiger partial charge >= 0.3 is 23.9 Å². The summed E-state index contributed by atoms with van der Waals surface area (Å²) in [6.45, 7) is 3.09. The number of hydrogen-bond acceptors (Lipinski definition) is 12. The molecule has 2 aromatic carbocycles. The van der Waals surface area contributed by atoms with Gasteiger partial charge in [0.05, 0.1) is 19.7 Å². The summed E-state index contributed by atoms with van der Waals surface area (Å²) in [6, 6.07) is 11.4. The number of nitrogens with one attached hydrogen (secondary N) is 2. The van der Waals surface area contributed by atoms with Gasteiger partial charge in [-0.3, -0.25) is 24.0 Å². The van der Waals surface area contributed by atoms with E-state index < -0.39 is 90.7 Å². The largest absolute Gasteiger partial charge is 0.466 e. The minimum Gasteiger partial charge on any atom is -0.466 e. The van der Waals surface area contributed by atoms with Gasteiger partial charge in [0.15, 0.2) is 18.9 Å². The Morgan fingerprint density at radius 3 is 2.15 bits per heavy atom. The fourth-order valence-electron chi connectivity index (χ4n) is 5.02. The van der Waals surface area contributed by atoms with Gasteiger partial charge < -0.3 is 34.3 Å². The second-order valence-electron chi connectivity index (χ2n) is 10.8. The zero-order chi connectivity index (χ0) is 35.6. The minimum atomic E-state index is -2.02. The van der Waals surface area contributed by atoms with Crippen LogP contribution in [0.25, 0.3) is 0 Å². The van der Waals surface area contributed by atoms with E-state index in [0.717, 1.165) is 45.2 Å². The van der Waals surface area contributed by atoms with Crippen LogP contribution in [0.1, 0.15) is 43.1 Å². The van der Waals surface area contributed by atoms with Crippen LogP contribution in [0.2, 0.25) is 5.02 Å². The molecule has 2 amide bonds. The number of hydrogen-bond donors (Lipinski definition) is 2. The molecule has 0 spiro atoms. The van der Waals surface area contributed by atoms with Gasteiger partial charge in [0.2, 0.25) is 4.93 Å². The molecule has 1 aliphatic heterocycles. The molecule has 48 heavy (non-hydrogen) atoms. The molecular weight excluding hydrogens is 675 g/mol. The van der Waals surface area contributed by atoms with Crippen molar-refractivity contribution in [1.82, 2.24) is 10.6 Å². The van der Waals surface area contributed by atoms with E-state index in [0.29, 0.717) is 9.92 Å². The summed E-state index contributed by atoms with van der Waals surface area (Å²) in [5, 5.41) is 5.36. The third-order valence-electron chi connectivity index (χ3n) is 7.00. The molecule has 2 N–H and O–H groups in total. The van der Waals surface area contributed by atoms with Crippen molar-refractivity contribution in [2.45, 2.75) is 74.4 Å². The van der Waals surface area contributed by atoms with E-state index in [1.165, 1.54) is 24.3 Å². The first-order valence-electron chi connectivity index (χ1n) is 14.6. The van der Waals surface area contributed by atoms with Crippen molar-refractivity contribution >= 4 is 59.1 Å². The Morgan fingerprint density at radius 1 is 0.979 bits per heavy atom. The van der Waals surface area contributed by atoms with Crippen LogP contribution >= 0.6 is 23.4 Å². The highest BCUT2D eigenvalue weighted by molar-refractivity contribution is 8.01. The number of ether oxygens (including phenoxy) is 5. The van der Waals surface area contributed by atoms with Crippen LogP contribution < -0.4 is 10.6 Å². The molecule has 0 unspecified atom stereocenters. The fraction of sp³-hybridized carbons (Fsp3) is 0.438. The molecule has 1 heterocycles. The minimum absolute atomic E-state index is 0.196. The smallest absolute Gasteiger partial charge is 0.349 e. The van der Waals surface area contributed by atoms with E-state index in [1.807, 2.05) is 6.92 Å². The quantitative estimate of drug-likeness (QED) is 0.230. The number of alkyl halides is 1. The lowest BCUT2D eigenvalue weighted by atomic mass is 9.89. The Hall–Kier alpha value is -4.21. The highest BCUT2D eigenvalue weighted by atomic mass is 35.5. The van der Waals surface area contributed by atoms with Gasteiger partial charge in [-0.05, 0) is 43.3 Å². The Bertz CT molecular complexity index is 1490. The van der Waals surface area contributed by atoms with Gasteiger partial charge in [-0.1, -0.05) is 41.1 Å². The summed E-state index contributed by atoms with van der Waals surface area (Å²) in [5.41, 5.74) is 1.11. The van der Waals surface area contributed by atoms with E-state index >= 15 is 0 Å². The number of aryl methyl sites for hydroxylation is 1. The maximum atomic E-state index is 13.6. The molecule has 260 valence electrons. The normalized spacial score (nSPS) is 21.5. The summed E-state index contributed by atoms with van der Waals surface area (Å²) < 4.78 is 41.8. The van der Waals surface area contributed by atoms with Crippen LogP contribution in [0.15, 0.2) is 53.4 Å². The second kappa shape index (κ2) is 17.3. The molecule has 13 nitrogen and oxygen atoms in total. The average Bonchev–Trinajstić information content (AvgIpc) is 3.03. The number of esters is 4. The Balaban J connectivity index is 2.17. The number of methoxy groups -OCH3 is 1. The van der Waals surface area contributed by atoms with E-state index in [-0.39, 0.29) is 5.56 Å². The summed E-state index contributed by atoms with van der Waals surface area (Å²) in [7, 11) is 1.10. The van der Waals surface area contributed by atoms with Crippen molar-refractivity contribution in [2.24, 2.45) is 0 Å². The predicted molar refractivity (Wildman–Crippen MR) is 170 cm³/mol. The molecule has 0 bridgehead atoms. The molecule has 2 aromatic rings. The summed E-state index contributed by atoms with van der Waals surface area (Å²) >= 11 is 6.81. The predicted octanol–water partition coefficient (Wildman–Crippen LogP) is 3.08. The number of amides is 2. The van der Waals surface area contributed by atoms with Gasteiger partial charge in [-0.25, -0.2) is 9.18 Å². The number of thioether (sulfide) groups is 1. The first kappa shape index (κ1) is 38.2. The van der Waals surface area contributed by atoms with Gasteiger partial charge in [0.1, 0.15) is 12.2 Å². The highest BCUT2D eigenvalue weighted by Crippen LogP contribution is 2.46. The summed E-state index contributed by atoms with van der Waals surface area (Å²) in [6.07, 6.45) is -6.69. The van der Waals surface area contributed by atoms with E-state index in [4.69, 9.17) is 35.3 Å². The van der Waals surface area contributed by atoms with Crippen LogP contribution in [-0.2, 0) is 47.7 Å². The SMILES string of the molecule is COC(=O)[C@@]1(Sc2ccc(C)cc2)C[C@H](OC(C)=O)[C@@H](NC(=O)CF)[C@H]([C@H](OC(C)=O)[C@@H](CNC(=O)c2ccc(Cl)cc2)OC(C)=O)O1. The first-order chi connectivity index (χ1) is 22.7. The Morgan fingerprint density at radius 2 is 1.60 bits per heavy atom. The van der Waals surface area contributed by atoms with Gasteiger partial charge in [0, 0.05) is 42.7 Å². The number of carbonyl (C=O) groups is 6. The highest BCUT2D eigenvalue weighted by Gasteiger charge is 2.58. The van der Waals surface area contributed by atoms with Crippen LogP contribution in [0.5, 0.6) is 0 Å². The molecule has 1 aliphatic rings. The van der Waals surface area contributed by atoms with Crippen molar-refractivity contribution in [1.29, 1.82) is 0 Å². The number of rotatable bonds is 13. The second-order valence-corrected chi connectivity index (χ2v) is 12.5. The van der Waals surface area contributed by atoms with Gasteiger partial charge in [0.25, 0.3) is 11.8 Å². The first-order valence-corrected chi connectivity index (χ1v) is 15.8. The van der Waals surface area contributed by atoms with Crippen LogP contribution in [-0.4, -0.2) is 91.4 Å². The third-order valence-corrected chi connectivity index (χ3v) is 8.52. The maximum Gasteiger partial charge on any atom is 0.349 e. The van der Waals surface area contributed by atoms with Crippen LogP contribution in [0, 0.1) is 6.92 Å². The molecule has 0 aromatic heterocycles. The monoisotopic (exact) mass is 710 g/mol. The summed E-state index contributed by atoms with van der Waals surface area (Å²) in [5.74, 6) is -5.30.